The first kappa shape index (κ1) is 24.2. The highest BCUT2D eigenvalue weighted by molar-refractivity contribution is 7.27. The first-order chi connectivity index (χ1) is 21.4. The van der Waals surface area contributed by atoms with Gasteiger partial charge in [-0.3, -0.25) is 0 Å². The van der Waals surface area contributed by atoms with Crippen LogP contribution in [0.3, 0.4) is 0 Å². The number of benzene rings is 7. The normalized spacial score (nSPS) is 11.7. The molecule has 0 bridgehead atoms. The van der Waals surface area contributed by atoms with Crippen LogP contribution in [-0.4, -0.2) is 4.57 Å². The fourth-order valence-corrected chi connectivity index (χ4v) is 8.02. The largest absolute Gasteiger partial charge is 0.308 e. The van der Waals surface area contributed by atoms with Crippen LogP contribution in [0.15, 0.2) is 158 Å². The van der Waals surface area contributed by atoms with E-state index in [1.165, 1.54) is 75.5 Å². The van der Waals surface area contributed by atoms with E-state index in [2.05, 4.69) is 167 Å². The lowest BCUT2D eigenvalue weighted by Crippen LogP contribution is -2.11. The zero-order chi connectivity index (χ0) is 28.3. The van der Waals surface area contributed by atoms with E-state index in [1.54, 1.807) is 0 Å². The fourth-order valence-electron chi connectivity index (χ4n) is 6.69. The molecule has 0 aliphatic rings. The summed E-state index contributed by atoms with van der Waals surface area (Å²) in [6.07, 6.45) is 0. The molecule has 0 atom stereocenters. The second-order valence-corrected chi connectivity index (χ2v) is 12.0. The minimum atomic E-state index is 1.18. The van der Waals surface area contributed by atoms with Crippen LogP contribution in [0.25, 0.3) is 58.4 Å². The Hall–Kier alpha value is -5.38. The number of hydrogen-bond acceptors (Lipinski definition) is 2. The Morgan fingerprint density at radius 2 is 0.907 bits per heavy atom. The number of rotatable bonds is 4. The molecule has 0 aliphatic heterocycles. The number of aromatic nitrogens is 1. The second-order valence-electron chi connectivity index (χ2n) is 11.0. The molecule has 0 N–H and O–H groups in total. The highest BCUT2D eigenvalue weighted by atomic mass is 32.1. The molecule has 9 rings (SSSR count). The smallest absolute Gasteiger partial charge is 0.0728 e. The molecule has 7 aromatic carbocycles. The van der Waals surface area contributed by atoms with E-state index in [-0.39, 0.29) is 0 Å². The van der Waals surface area contributed by atoms with Crippen molar-refractivity contribution in [2.75, 3.05) is 4.90 Å². The molecule has 202 valence electrons. The van der Waals surface area contributed by atoms with Crippen LogP contribution in [0, 0.1) is 0 Å². The maximum Gasteiger partial charge on any atom is 0.0728 e. The Balaban J connectivity index is 1.42. The van der Waals surface area contributed by atoms with E-state index >= 15 is 0 Å². The molecule has 2 aromatic heterocycles. The minimum absolute atomic E-state index is 1.18. The summed E-state index contributed by atoms with van der Waals surface area (Å²) in [5, 5.41) is 7.48. The number of thiophene rings is 1. The van der Waals surface area contributed by atoms with E-state index in [4.69, 9.17) is 0 Å². The summed E-state index contributed by atoms with van der Waals surface area (Å²) in [6.45, 7) is 0. The van der Waals surface area contributed by atoms with Crippen LogP contribution in [0.4, 0.5) is 17.1 Å². The van der Waals surface area contributed by atoms with E-state index in [1.807, 2.05) is 11.3 Å². The zero-order valence-corrected chi connectivity index (χ0v) is 24.1. The van der Waals surface area contributed by atoms with Crippen molar-refractivity contribution in [3.63, 3.8) is 0 Å². The van der Waals surface area contributed by atoms with Crippen LogP contribution in [0.1, 0.15) is 0 Å². The van der Waals surface area contributed by atoms with Crippen molar-refractivity contribution in [1.29, 1.82) is 0 Å². The third-order valence-corrected chi connectivity index (χ3v) is 9.80. The molecule has 43 heavy (non-hydrogen) atoms. The van der Waals surface area contributed by atoms with Gasteiger partial charge in [-0.25, -0.2) is 0 Å². The lowest BCUT2D eigenvalue weighted by atomic mass is 10.0. The molecule has 9 aromatic rings. The van der Waals surface area contributed by atoms with Gasteiger partial charge in [0.1, 0.15) is 0 Å². The highest BCUT2D eigenvalue weighted by Gasteiger charge is 2.24. The lowest BCUT2D eigenvalue weighted by Gasteiger charge is -2.28. The van der Waals surface area contributed by atoms with Gasteiger partial charge in [0.2, 0.25) is 0 Å². The third-order valence-electron chi connectivity index (χ3n) is 8.55. The molecular formula is C40H26N2S. The van der Waals surface area contributed by atoms with Crippen molar-refractivity contribution in [2.24, 2.45) is 0 Å². The van der Waals surface area contributed by atoms with Gasteiger partial charge in [-0.1, -0.05) is 121 Å². The van der Waals surface area contributed by atoms with E-state index in [9.17, 15) is 0 Å². The number of anilines is 3. The van der Waals surface area contributed by atoms with Crippen molar-refractivity contribution in [2.45, 2.75) is 0 Å². The number of hydrogen-bond donors (Lipinski definition) is 0. The first-order valence-corrected chi connectivity index (χ1v) is 15.4. The Morgan fingerprint density at radius 3 is 1.60 bits per heavy atom. The Morgan fingerprint density at radius 1 is 0.395 bits per heavy atom. The van der Waals surface area contributed by atoms with Gasteiger partial charge in [-0.05, 0) is 47.2 Å². The standard InChI is InChI=1S/C40H26N2S/c1-2-17-29(18-3-1)41-36-23-9-8-21-32(36)40-38(41)33-22-12-26-37(39(33)43-40)42(34-24-10-15-27-13-4-6-19-30(27)34)35-25-11-16-28-14-5-7-20-31(28)35/h1-26H. The molecule has 2 nitrogen and oxygen atoms in total. The minimum Gasteiger partial charge on any atom is -0.308 e. The predicted octanol–water partition coefficient (Wildman–Crippen LogP) is 11.8. The summed E-state index contributed by atoms with van der Waals surface area (Å²) in [7, 11) is 0. The molecule has 0 aliphatic carbocycles. The maximum atomic E-state index is 2.48. The monoisotopic (exact) mass is 566 g/mol. The van der Waals surface area contributed by atoms with Crippen molar-refractivity contribution >= 4 is 81.1 Å². The molecule has 2 heterocycles. The molecule has 0 amide bonds. The number of nitrogens with zero attached hydrogens (tertiary/aromatic N) is 2. The molecule has 0 saturated carbocycles. The maximum absolute atomic E-state index is 2.48. The van der Waals surface area contributed by atoms with Gasteiger partial charge in [0.15, 0.2) is 0 Å². The average molecular weight is 567 g/mol. The van der Waals surface area contributed by atoms with Crippen molar-refractivity contribution in [3.8, 4) is 5.69 Å². The number of para-hydroxylation sites is 2. The van der Waals surface area contributed by atoms with Gasteiger partial charge in [0.05, 0.1) is 37.5 Å². The van der Waals surface area contributed by atoms with E-state index < -0.39 is 0 Å². The van der Waals surface area contributed by atoms with Crippen LogP contribution in [0.2, 0.25) is 0 Å². The summed E-state index contributed by atoms with van der Waals surface area (Å²) in [6, 6.07) is 57.0. The van der Waals surface area contributed by atoms with Crippen molar-refractivity contribution < 1.29 is 0 Å². The second kappa shape index (κ2) is 9.59. The summed E-state index contributed by atoms with van der Waals surface area (Å²) in [4.78, 5) is 2.48. The summed E-state index contributed by atoms with van der Waals surface area (Å²) >= 11 is 1.90. The molecular weight excluding hydrogens is 541 g/mol. The summed E-state index contributed by atoms with van der Waals surface area (Å²) < 4.78 is 5.04. The average Bonchev–Trinajstić information content (AvgIpc) is 3.61. The van der Waals surface area contributed by atoms with Crippen LogP contribution in [0.5, 0.6) is 0 Å². The predicted molar refractivity (Wildman–Crippen MR) is 186 cm³/mol. The summed E-state index contributed by atoms with van der Waals surface area (Å²) in [5.74, 6) is 0. The Bertz CT molecular complexity index is 2380. The van der Waals surface area contributed by atoms with Crippen molar-refractivity contribution in [1.82, 2.24) is 4.57 Å². The van der Waals surface area contributed by atoms with Crippen LogP contribution >= 0.6 is 11.3 Å². The fraction of sp³-hybridized carbons (Fsp3) is 0. The zero-order valence-electron chi connectivity index (χ0n) is 23.3. The number of fused-ring (bicyclic) bond motifs is 7. The Kier molecular flexibility index (Phi) is 5.40. The Labute approximate surface area is 253 Å². The quantitative estimate of drug-likeness (QED) is 0.206. The SMILES string of the molecule is c1ccc(-n2c3ccccc3c3sc4c(N(c5cccc6ccccc56)c5cccc6ccccc56)cccc4c32)cc1. The van der Waals surface area contributed by atoms with Gasteiger partial charge < -0.3 is 9.47 Å². The van der Waals surface area contributed by atoms with Crippen LogP contribution < -0.4 is 4.90 Å². The molecule has 0 saturated heterocycles. The first-order valence-electron chi connectivity index (χ1n) is 14.6. The van der Waals surface area contributed by atoms with Gasteiger partial charge in [-0.2, -0.15) is 0 Å². The molecule has 0 fully saturated rings. The highest BCUT2D eigenvalue weighted by Crippen LogP contribution is 2.50. The van der Waals surface area contributed by atoms with E-state index in [0.717, 1.165) is 0 Å². The third kappa shape index (κ3) is 3.65. The van der Waals surface area contributed by atoms with Crippen molar-refractivity contribution in [3.05, 3.63) is 158 Å². The van der Waals surface area contributed by atoms with Gasteiger partial charge >= 0.3 is 0 Å². The van der Waals surface area contributed by atoms with Gasteiger partial charge in [0.25, 0.3) is 0 Å². The lowest BCUT2D eigenvalue weighted by molar-refractivity contribution is 1.19. The van der Waals surface area contributed by atoms with Gasteiger partial charge in [-0.15, -0.1) is 11.3 Å². The van der Waals surface area contributed by atoms with Gasteiger partial charge in [0, 0.05) is 27.2 Å². The summed E-state index contributed by atoms with van der Waals surface area (Å²) in [5.41, 5.74) is 7.23. The van der Waals surface area contributed by atoms with E-state index in [0.29, 0.717) is 0 Å². The topological polar surface area (TPSA) is 8.17 Å². The van der Waals surface area contributed by atoms with Crippen LogP contribution in [-0.2, 0) is 0 Å². The molecule has 0 unspecified atom stereocenters. The molecule has 0 spiro atoms. The molecule has 3 heteroatoms. The molecule has 0 radical (unpaired) electrons.